The van der Waals surface area contributed by atoms with Crippen LogP contribution in [0, 0.1) is 0 Å². The monoisotopic (exact) mass is 173 g/mol. The molecule has 6 heteroatoms. The van der Waals surface area contributed by atoms with Gasteiger partial charge in [-0.25, -0.2) is 4.98 Å². The van der Waals surface area contributed by atoms with E-state index in [1.807, 2.05) is 0 Å². The second kappa shape index (κ2) is 12.1. The van der Waals surface area contributed by atoms with Gasteiger partial charge in [0.15, 0.2) is 6.39 Å². The molecule has 11 heavy (non-hydrogen) atoms. The van der Waals surface area contributed by atoms with E-state index in [2.05, 4.69) is 9.40 Å². The smallest absolute Gasteiger partial charge is 0.316 e. The van der Waals surface area contributed by atoms with E-state index in [-0.39, 0.29) is 28.5 Å². The second-order valence-corrected chi connectivity index (χ2v) is 1.19. The first kappa shape index (κ1) is 16.8. The Kier molecular flexibility index (Phi) is 18.5. The topological polar surface area (TPSA) is 94.8 Å². The standard InChI is InChI=1S/C3H3NO.C2H4O2.Mg.H2O.2H/c1-2-5-3-4-1;1-2(3)4;;;;/h1-3H;1H3,(H,3,4);;1H2;;. The number of carbonyl (C=O) groups is 1. The van der Waals surface area contributed by atoms with Gasteiger partial charge in [0.05, 0.1) is 6.20 Å². The van der Waals surface area contributed by atoms with E-state index in [0.717, 1.165) is 6.92 Å². The number of hydrogen-bond acceptors (Lipinski definition) is 3. The normalized spacial score (nSPS) is 5.91. The summed E-state index contributed by atoms with van der Waals surface area (Å²) in [5.41, 5.74) is 0. The van der Waals surface area contributed by atoms with Crippen LogP contribution in [-0.4, -0.2) is 44.6 Å². The van der Waals surface area contributed by atoms with E-state index < -0.39 is 5.97 Å². The summed E-state index contributed by atoms with van der Waals surface area (Å²) in [7, 11) is 0. The molecule has 0 radical (unpaired) electrons. The van der Waals surface area contributed by atoms with Gasteiger partial charge in [0.25, 0.3) is 5.97 Å². The van der Waals surface area contributed by atoms with Gasteiger partial charge in [-0.2, -0.15) is 0 Å². The van der Waals surface area contributed by atoms with Crippen LogP contribution in [0.3, 0.4) is 0 Å². The lowest BCUT2D eigenvalue weighted by Gasteiger charge is -1.59. The first-order valence-corrected chi connectivity index (χ1v) is 2.25. The van der Waals surface area contributed by atoms with Crippen molar-refractivity contribution in [3.63, 3.8) is 0 Å². The predicted octanol–water partition coefficient (Wildman–Crippen LogP) is -0.975. The summed E-state index contributed by atoms with van der Waals surface area (Å²) in [4.78, 5) is 12.6. The molecule has 1 aromatic heterocycles. The summed E-state index contributed by atoms with van der Waals surface area (Å²) in [5.74, 6) is -0.833. The Morgan fingerprint density at radius 2 is 2.09 bits per heavy atom. The van der Waals surface area contributed by atoms with E-state index >= 15 is 0 Å². The number of carboxylic acids is 1. The average Bonchev–Trinajstić information content (AvgIpc) is 2.11. The molecule has 62 valence electrons. The minimum atomic E-state index is -0.833. The Balaban J connectivity index is -0.000000101. The summed E-state index contributed by atoms with van der Waals surface area (Å²) >= 11 is 0. The van der Waals surface area contributed by atoms with Gasteiger partial charge in [-0.15, -0.1) is 0 Å². The molecular formula is C5H11MgNO4. The molecule has 0 atom stereocenters. The molecule has 0 spiro atoms. The summed E-state index contributed by atoms with van der Waals surface area (Å²) < 4.78 is 4.47. The zero-order chi connectivity index (χ0) is 7.11. The highest BCUT2D eigenvalue weighted by atomic mass is 24.3. The number of oxazole rings is 1. The molecule has 5 nitrogen and oxygen atoms in total. The van der Waals surface area contributed by atoms with Crippen molar-refractivity contribution in [2.75, 3.05) is 0 Å². The fourth-order valence-electron chi connectivity index (χ4n) is 0.176. The highest BCUT2D eigenvalue weighted by Crippen LogP contribution is 1.72. The molecule has 1 heterocycles. The number of carboxylic acid groups (broad SMARTS) is 1. The van der Waals surface area contributed by atoms with E-state index in [1.165, 1.54) is 12.7 Å². The molecule has 1 aromatic rings. The van der Waals surface area contributed by atoms with Crippen LogP contribution in [0.1, 0.15) is 6.92 Å². The van der Waals surface area contributed by atoms with Crippen LogP contribution in [0.2, 0.25) is 0 Å². The molecule has 0 aliphatic carbocycles. The number of rotatable bonds is 0. The van der Waals surface area contributed by atoms with Gasteiger partial charge >= 0.3 is 23.1 Å². The maximum absolute atomic E-state index is 9.00. The zero-order valence-corrected chi connectivity index (χ0v) is 5.44. The van der Waals surface area contributed by atoms with E-state index in [9.17, 15) is 0 Å². The van der Waals surface area contributed by atoms with Gasteiger partial charge in [0, 0.05) is 6.92 Å². The summed E-state index contributed by atoms with van der Waals surface area (Å²) in [6.07, 6.45) is 4.47. The van der Waals surface area contributed by atoms with E-state index in [1.54, 1.807) is 6.20 Å². The van der Waals surface area contributed by atoms with Crippen molar-refractivity contribution in [1.82, 2.24) is 4.98 Å². The van der Waals surface area contributed by atoms with Gasteiger partial charge in [0.2, 0.25) is 0 Å². The average molecular weight is 173 g/mol. The molecule has 0 aliphatic heterocycles. The quantitative estimate of drug-likeness (QED) is 0.510. The van der Waals surface area contributed by atoms with Crippen molar-refractivity contribution in [2.45, 2.75) is 6.92 Å². The highest BCUT2D eigenvalue weighted by Gasteiger charge is 1.65. The molecule has 0 aliphatic rings. The third kappa shape index (κ3) is 26.6. The SMILES string of the molecule is CC(=O)O.O.[MgH2].c1cocn1. The fraction of sp³-hybridized carbons (Fsp3) is 0.200. The number of aromatic nitrogens is 1. The van der Waals surface area contributed by atoms with Crippen molar-refractivity contribution < 1.29 is 19.8 Å². The van der Waals surface area contributed by atoms with Crippen molar-refractivity contribution in [1.29, 1.82) is 0 Å². The van der Waals surface area contributed by atoms with Gasteiger partial charge in [-0.05, 0) is 0 Å². The minimum absolute atomic E-state index is 0. The van der Waals surface area contributed by atoms with Crippen molar-refractivity contribution in [2.24, 2.45) is 0 Å². The van der Waals surface area contributed by atoms with Crippen LogP contribution in [-0.2, 0) is 4.79 Å². The molecule has 3 N–H and O–H groups in total. The van der Waals surface area contributed by atoms with Gasteiger partial charge in [-0.1, -0.05) is 0 Å². The maximum Gasteiger partial charge on any atom is 0.316 e. The van der Waals surface area contributed by atoms with Crippen LogP contribution in [0.4, 0.5) is 0 Å². The number of nitrogens with zero attached hydrogens (tertiary/aromatic N) is 1. The Bertz CT molecular complexity index is 132. The van der Waals surface area contributed by atoms with Crippen LogP contribution in [0.25, 0.3) is 0 Å². The summed E-state index contributed by atoms with van der Waals surface area (Å²) in [6.45, 7) is 1.08. The van der Waals surface area contributed by atoms with Crippen LogP contribution >= 0.6 is 0 Å². The molecule has 0 saturated carbocycles. The molecule has 0 unspecified atom stereocenters. The molecule has 0 amide bonds. The third-order valence-corrected chi connectivity index (χ3v) is 0.347. The minimum Gasteiger partial charge on any atom is -0.481 e. The molecular weight excluding hydrogens is 162 g/mol. The van der Waals surface area contributed by atoms with Gasteiger partial charge in [0.1, 0.15) is 6.26 Å². The molecule has 0 fully saturated rings. The number of aliphatic carboxylic acids is 1. The molecule has 1 rings (SSSR count). The summed E-state index contributed by atoms with van der Waals surface area (Å²) in [5, 5.41) is 7.42. The lowest BCUT2D eigenvalue weighted by molar-refractivity contribution is -0.134. The van der Waals surface area contributed by atoms with E-state index in [0.29, 0.717) is 0 Å². The lowest BCUT2D eigenvalue weighted by atomic mass is 10.9. The second-order valence-electron chi connectivity index (χ2n) is 1.19. The van der Waals surface area contributed by atoms with Gasteiger partial charge < -0.3 is 15.0 Å². The largest absolute Gasteiger partial charge is 0.481 e. The first-order valence-electron chi connectivity index (χ1n) is 2.25. The van der Waals surface area contributed by atoms with Crippen LogP contribution in [0.5, 0.6) is 0 Å². The molecule has 0 saturated heterocycles. The first-order chi connectivity index (χ1) is 4.23. The fourth-order valence-corrected chi connectivity index (χ4v) is 0.176. The van der Waals surface area contributed by atoms with Crippen LogP contribution in [0.15, 0.2) is 23.3 Å². The summed E-state index contributed by atoms with van der Waals surface area (Å²) in [6, 6.07) is 0. The maximum atomic E-state index is 9.00. The van der Waals surface area contributed by atoms with E-state index in [4.69, 9.17) is 9.90 Å². The Hall–Kier alpha value is -0.594. The zero-order valence-electron chi connectivity index (χ0n) is 5.44. The Labute approximate surface area is 79.9 Å². The Morgan fingerprint density at radius 3 is 2.18 bits per heavy atom. The number of hydrogen-bond donors (Lipinski definition) is 1. The Morgan fingerprint density at radius 1 is 1.64 bits per heavy atom. The van der Waals surface area contributed by atoms with Crippen molar-refractivity contribution in [3.8, 4) is 0 Å². The molecule has 0 aromatic carbocycles. The molecule has 0 bridgehead atoms. The lowest BCUT2D eigenvalue weighted by Crippen LogP contribution is -1.78. The van der Waals surface area contributed by atoms with Crippen molar-refractivity contribution >= 4 is 29.0 Å². The van der Waals surface area contributed by atoms with Gasteiger partial charge in [-0.3, -0.25) is 4.79 Å². The third-order valence-electron chi connectivity index (χ3n) is 0.347. The highest BCUT2D eigenvalue weighted by molar-refractivity contribution is 5.75. The predicted molar refractivity (Wildman–Crippen MR) is 42.0 cm³/mol. The van der Waals surface area contributed by atoms with Crippen molar-refractivity contribution in [3.05, 3.63) is 18.9 Å². The van der Waals surface area contributed by atoms with Crippen LogP contribution < -0.4 is 0 Å².